The predicted octanol–water partition coefficient (Wildman–Crippen LogP) is 2.24. The van der Waals surface area contributed by atoms with Gasteiger partial charge in [-0.15, -0.1) is 0 Å². The van der Waals surface area contributed by atoms with Crippen LogP contribution in [-0.2, 0) is 9.59 Å². The van der Waals surface area contributed by atoms with Crippen LogP contribution < -0.4 is 0 Å². The maximum atomic E-state index is 12.2. The highest BCUT2D eigenvalue weighted by molar-refractivity contribution is 9.10. The number of likely N-dealkylation sites (tertiary alicyclic amines) is 1. The molecule has 1 fully saturated rings. The van der Waals surface area contributed by atoms with Crippen LogP contribution in [0, 0.1) is 0 Å². The molecule has 0 aromatic heterocycles. The van der Waals surface area contributed by atoms with Gasteiger partial charge in [0.15, 0.2) is 0 Å². The Labute approximate surface area is 127 Å². The molecule has 1 aliphatic heterocycles. The maximum absolute atomic E-state index is 12.2. The topological polar surface area (TPSA) is 40.6 Å². The highest BCUT2D eigenvalue weighted by Gasteiger charge is 2.33. The van der Waals surface area contributed by atoms with Gasteiger partial charge in [0.1, 0.15) is 0 Å². The minimum Gasteiger partial charge on any atom is -0.308 e. The molecule has 0 N–H and O–H groups in total. The quantitative estimate of drug-likeness (QED) is 0.790. The van der Waals surface area contributed by atoms with E-state index >= 15 is 0 Å². The molecule has 1 aromatic rings. The van der Waals surface area contributed by atoms with Gasteiger partial charge < -0.3 is 4.90 Å². The Bertz CT molecular complexity index is 498. The smallest absolute Gasteiger partial charge is 0.229 e. The Balaban J connectivity index is 2.08. The lowest BCUT2D eigenvalue weighted by molar-refractivity contribution is -0.148. The number of hydrogen-bond donors (Lipinski definition) is 0. The summed E-state index contributed by atoms with van der Waals surface area (Å²) in [6, 6.07) is 7.80. The van der Waals surface area contributed by atoms with Crippen LogP contribution in [0.1, 0.15) is 24.3 Å². The maximum Gasteiger partial charge on any atom is 0.229 e. The van der Waals surface area contributed by atoms with Crippen molar-refractivity contribution in [3.8, 4) is 0 Å². The van der Waals surface area contributed by atoms with Crippen molar-refractivity contribution in [1.29, 1.82) is 0 Å². The van der Waals surface area contributed by atoms with Gasteiger partial charge in [0.2, 0.25) is 11.8 Å². The molecular weight excluding hydrogens is 320 g/mol. The Morgan fingerprint density at radius 1 is 1.20 bits per heavy atom. The molecule has 1 heterocycles. The number of carbonyl (C=O) groups is 2. The first-order valence-electron chi connectivity index (χ1n) is 6.71. The minimum absolute atomic E-state index is 0.0128. The SMILES string of the molecule is CN(C)CCN1C(=O)CC(c2ccccc2Br)CC1=O. The fourth-order valence-electron chi connectivity index (χ4n) is 2.43. The summed E-state index contributed by atoms with van der Waals surface area (Å²) >= 11 is 3.49. The first-order chi connectivity index (χ1) is 9.49. The van der Waals surface area contributed by atoms with Crippen LogP contribution in [0.15, 0.2) is 28.7 Å². The average Bonchev–Trinajstić information content (AvgIpc) is 2.37. The van der Waals surface area contributed by atoms with Gasteiger partial charge in [-0.25, -0.2) is 0 Å². The summed E-state index contributed by atoms with van der Waals surface area (Å²) in [5.41, 5.74) is 1.04. The minimum atomic E-state index is -0.0659. The number of amides is 2. The summed E-state index contributed by atoms with van der Waals surface area (Å²) in [5.74, 6) is -0.145. The number of halogens is 1. The molecule has 0 bridgehead atoms. The van der Waals surface area contributed by atoms with E-state index in [0.29, 0.717) is 25.9 Å². The fraction of sp³-hybridized carbons (Fsp3) is 0.467. The third-order valence-corrected chi connectivity index (χ3v) is 4.28. The van der Waals surface area contributed by atoms with Crippen molar-refractivity contribution in [2.75, 3.05) is 27.2 Å². The largest absolute Gasteiger partial charge is 0.308 e. The summed E-state index contributed by atoms with van der Waals surface area (Å²) in [7, 11) is 3.87. The third-order valence-electron chi connectivity index (χ3n) is 3.56. The van der Waals surface area contributed by atoms with E-state index in [1.165, 1.54) is 4.90 Å². The molecule has 0 unspecified atom stereocenters. The molecular formula is C15H19BrN2O2. The molecule has 5 heteroatoms. The molecule has 2 amide bonds. The van der Waals surface area contributed by atoms with Gasteiger partial charge in [-0.05, 0) is 25.7 Å². The lowest BCUT2D eigenvalue weighted by Crippen LogP contribution is -2.45. The van der Waals surface area contributed by atoms with Crippen molar-refractivity contribution in [3.05, 3.63) is 34.3 Å². The van der Waals surface area contributed by atoms with E-state index < -0.39 is 0 Å². The number of carbonyl (C=O) groups excluding carboxylic acids is 2. The van der Waals surface area contributed by atoms with E-state index in [4.69, 9.17) is 0 Å². The summed E-state index contributed by atoms with van der Waals surface area (Å²) in [5, 5.41) is 0. The lowest BCUT2D eigenvalue weighted by atomic mass is 9.88. The highest BCUT2D eigenvalue weighted by Crippen LogP contribution is 2.33. The van der Waals surface area contributed by atoms with Crippen molar-refractivity contribution >= 4 is 27.7 Å². The van der Waals surface area contributed by atoms with Crippen LogP contribution in [0.4, 0.5) is 0 Å². The zero-order chi connectivity index (χ0) is 14.7. The van der Waals surface area contributed by atoms with Gasteiger partial charge in [0.25, 0.3) is 0 Å². The van der Waals surface area contributed by atoms with Crippen LogP contribution in [0.25, 0.3) is 0 Å². The number of piperidine rings is 1. The normalized spacial score (nSPS) is 17.1. The zero-order valence-electron chi connectivity index (χ0n) is 11.8. The van der Waals surface area contributed by atoms with Crippen molar-refractivity contribution in [1.82, 2.24) is 9.80 Å². The van der Waals surface area contributed by atoms with E-state index in [1.54, 1.807) is 0 Å². The molecule has 20 heavy (non-hydrogen) atoms. The number of nitrogens with zero attached hydrogens (tertiary/aromatic N) is 2. The van der Waals surface area contributed by atoms with E-state index in [0.717, 1.165) is 10.0 Å². The Morgan fingerprint density at radius 2 is 1.80 bits per heavy atom. The molecule has 0 spiro atoms. The first-order valence-corrected chi connectivity index (χ1v) is 7.50. The van der Waals surface area contributed by atoms with Gasteiger partial charge >= 0.3 is 0 Å². The predicted molar refractivity (Wildman–Crippen MR) is 81.4 cm³/mol. The molecule has 1 saturated heterocycles. The Morgan fingerprint density at radius 3 is 2.35 bits per heavy atom. The molecule has 0 aliphatic carbocycles. The van der Waals surface area contributed by atoms with Crippen LogP contribution in [0.5, 0.6) is 0 Å². The molecule has 1 aliphatic rings. The van der Waals surface area contributed by atoms with Crippen LogP contribution >= 0.6 is 15.9 Å². The number of likely N-dealkylation sites (N-methyl/N-ethyl adjacent to an activating group) is 1. The fourth-order valence-corrected chi connectivity index (χ4v) is 3.04. The molecule has 0 radical (unpaired) electrons. The highest BCUT2D eigenvalue weighted by atomic mass is 79.9. The molecule has 0 saturated carbocycles. The average molecular weight is 339 g/mol. The second kappa shape index (κ2) is 6.50. The van der Waals surface area contributed by atoms with Gasteiger partial charge in [0, 0.05) is 36.3 Å². The third kappa shape index (κ3) is 3.46. The monoisotopic (exact) mass is 338 g/mol. The lowest BCUT2D eigenvalue weighted by Gasteiger charge is -2.31. The molecule has 1 aromatic carbocycles. The molecule has 0 atom stereocenters. The Kier molecular flexibility index (Phi) is 4.94. The van der Waals surface area contributed by atoms with Crippen molar-refractivity contribution in [3.63, 3.8) is 0 Å². The van der Waals surface area contributed by atoms with Gasteiger partial charge in [-0.2, -0.15) is 0 Å². The second-order valence-electron chi connectivity index (χ2n) is 5.37. The van der Waals surface area contributed by atoms with Crippen LogP contribution in [0.3, 0.4) is 0 Å². The van der Waals surface area contributed by atoms with Gasteiger partial charge in [-0.3, -0.25) is 14.5 Å². The van der Waals surface area contributed by atoms with Crippen molar-refractivity contribution in [2.45, 2.75) is 18.8 Å². The Hall–Kier alpha value is -1.20. The molecule has 108 valence electrons. The number of hydrogen-bond acceptors (Lipinski definition) is 3. The van der Waals surface area contributed by atoms with Crippen molar-refractivity contribution in [2.24, 2.45) is 0 Å². The van der Waals surface area contributed by atoms with Crippen LogP contribution in [0.2, 0.25) is 0 Å². The van der Waals surface area contributed by atoms with E-state index in [9.17, 15) is 9.59 Å². The van der Waals surface area contributed by atoms with Crippen LogP contribution in [-0.4, -0.2) is 48.8 Å². The number of benzene rings is 1. The van der Waals surface area contributed by atoms with Crippen molar-refractivity contribution < 1.29 is 9.59 Å². The standard InChI is InChI=1S/C15H19BrN2O2/c1-17(2)7-8-18-14(19)9-11(10-15(18)20)12-5-3-4-6-13(12)16/h3-6,11H,7-10H2,1-2H3. The van der Waals surface area contributed by atoms with E-state index in [1.807, 2.05) is 43.3 Å². The summed E-state index contributed by atoms with van der Waals surface area (Å²) < 4.78 is 0.965. The van der Waals surface area contributed by atoms with Gasteiger partial charge in [0.05, 0.1) is 0 Å². The van der Waals surface area contributed by atoms with E-state index in [2.05, 4.69) is 15.9 Å². The number of imide groups is 1. The summed E-state index contributed by atoms with van der Waals surface area (Å²) in [6.45, 7) is 1.19. The number of rotatable bonds is 4. The zero-order valence-corrected chi connectivity index (χ0v) is 13.4. The van der Waals surface area contributed by atoms with Gasteiger partial charge in [-0.1, -0.05) is 34.1 Å². The molecule has 2 rings (SSSR count). The first kappa shape index (κ1) is 15.2. The second-order valence-corrected chi connectivity index (χ2v) is 6.22. The summed E-state index contributed by atoms with van der Waals surface area (Å²) in [4.78, 5) is 27.7. The molecule has 4 nitrogen and oxygen atoms in total. The summed E-state index contributed by atoms with van der Waals surface area (Å²) in [6.07, 6.45) is 0.809. The van der Waals surface area contributed by atoms with E-state index in [-0.39, 0.29) is 17.7 Å².